The molecule has 0 saturated carbocycles. The quantitative estimate of drug-likeness (QED) is 0.870. The molecular formula is C18H24N6O. The molecule has 1 aliphatic rings. The topological polar surface area (TPSA) is 74.2 Å². The number of aromatic nitrogens is 3. The van der Waals surface area contributed by atoms with Crippen LogP contribution in [0.3, 0.4) is 0 Å². The molecule has 1 amide bonds. The van der Waals surface area contributed by atoms with Gasteiger partial charge in [-0.15, -0.1) is 0 Å². The number of hydrogen-bond donors (Lipinski definition) is 1. The molecule has 3 heterocycles. The third-order valence-corrected chi connectivity index (χ3v) is 4.23. The van der Waals surface area contributed by atoms with E-state index < -0.39 is 0 Å². The first-order valence-corrected chi connectivity index (χ1v) is 8.79. The normalized spacial score (nSPS) is 14.4. The monoisotopic (exact) mass is 340 g/mol. The molecule has 3 rings (SSSR count). The predicted molar refractivity (Wildman–Crippen MR) is 98.8 cm³/mol. The van der Waals surface area contributed by atoms with E-state index in [1.807, 2.05) is 18.2 Å². The van der Waals surface area contributed by atoms with Gasteiger partial charge in [-0.2, -0.15) is 0 Å². The molecule has 1 N–H and O–H groups in total. The summed E-state index contributed by atoms with van der Waals surface area (Å²) < 4.78 is 0. The molecule has 0 spiro atoms. The molecular weight excluding hydrogens is 316 g/mol. The molecule has 2 aromatic rings. The zero-order chi connectivity index (χ0) is 17.5. The lowest BCUT2D eigenvalue weighted by atomic mass is 10.2. The molecule has 0 bridgehead atoms. The van der Waals surface area contributed by atoms with Crippen molar-refractivity contribution < 1.29 is 4.79 Å². The number of piperazine rings is 1. The fraction of sp³-hybridized carbons (Fsp3) is 0.444. The van der Waals surface area contributed by atoms with Crippen LogP contribution in [0.4, 0.5) is 17.5 Å². The minimum absolute atomic E-state index is 0.0490. The summed E-state index contributed by atoms with van der Waals surface area (Å²) in [4.78, 5) is 29.3. The number of carbonyl (C=O) groups excluding carboxylic acids is 1. The van der Waals surface area contributed by atoms with Crippen molar-refractivity contribution >= 4 is 23.4 Å². The molecule has 0 aliphatic carbocycles. The third kappa shape index (κ3) is 4.65. The number of nitrogens with zero attached hydrogens (tertiary/aromatic N) is 5. The van der Waals surface area contributed by atoms with Crippen LogP contribution in [0.2, 0.25) is 0 Å². The first-order valence-electron chi connectivity index (χ1n) is 8.79. The van der Waals surface area contributed by atoms with Crippen LogP contribution >= 0.6 is 0 Å². The summed E-state index contributed by atoms with van der Waals surface area (Å²) in [5.74, 6) is 1.76. The Kier molecular flexibility index (Phi) is 5.77. The average molecular weight is 340 g/mol. The van der Waals surface area contributed by atoms with E-state index >= 15 is 0 Å². The van der Waals surface area contributed by atoms with Gasteiger partial charge in [-0.25, -0.2) is 15.0 Å². The third-order valence-electron chi connectivity index (χ3n) is 4.23. The van der Waals surface area contributed by atoms with Crippen LogP contribution in [-0.2, 0) is 4.79 Å². The summed E-state index contributed by atoms with van der Waals surface area (Å²) in [7, 11) is 0. The van der Waals surface area contributed by atoms with E-state index in [0.717, 1.165) is 56.5 Å². The lowest BCUT2D eigenvalue weighted by molar-refractivity contribution is -0.116. The first-order chi connectivity index (χ1) is 12.3. The van der Waals surface area contributed by atoms with Gasteiger partial charge in [-0.1, -0.05) is 13.3 Å². The number of nitrogens with one attached hydrogen (secondary N) is 1. The number of pyridine rings is 1. The van der Waals surface area contributed by atoms with Gasteiger partial charge in [0, 0.05) is 45.0 Å². The molecule has 7 nitrogen and oxygen atoms in total. The summed E-state index contributed by atoms with van der Waals surface area (Å²) in [6.07, 6.45) is 7.75. The van der Waals surface area contributed by atoms with Crippen molar-refractivity contribution in [3.8, 4) is 0 Å². The Hall–Kier alpha value is -2.70. The van der Waals surface area contributed by atoms with Crippen molar-refractivity contribution in [2.45, 2.75) is 26.2 Å². The number of anilines is 3. The summed E-state index contributed by atoms with van der Waals surface area (Å²) in [5, 5.41) is 2.89. The first kappa shape index (κ1) is 17.1. The molecule has 0 aromatic carbocycles. The molecule has 1 saturated heterocycles. The van der Waals surface area contributed by atoms with E-state index in [0.29, 0.717) is 6.42 Å². The highest BCUT2D eigenvalue weighted by Gasteiger charge is 2.19. The molecule has 132 valence electrons. The van der Waals surface area contributed by atoms with Crippen molar-refractivity contribution in [1.29, 1.82) is 0 Å². The Morgan fingerprint density at radius 3 is 2.44 bits per heavy atom. The highest BCUT2D eigenvalue weighted by Crippen LogP contribution is 2.18. The van der Waals surface area contributed by atoms with Gasteiger partial charge < -0.3 is 15.1 Å². The van der Waals surface area contributed by atoms with Crippen molar-refractivity contribution in [2.24, 2.45) is 0 Å². The highest BCUT2D eigenvalue weighted by molar-refractivity contribution is 5.90. The maximum Gasteiger partial charge on any atom is 0.225 e. The molecule has 1 fully saturated rings. The average Bonchev–Trinajstić information content (AvgIpc) is 2.68. The van der Waals surface area contributed by atoms with Gasteiger partial charge >= 0.3 is 0 Å². The Labute approximate surface area is 148 Å². The van der Waals surface area contributed by atoms with Gasteiger partial charge in [0.25, 0.3) is 0 Å². The number of amides is 1. The zero-order valence-corrected chi connectivity index (χ0v) is 14.6. The SMILES string of the molecule is CCCCC(=O)Nc1ccc(N2CCN(c3ncccn3)CC2)nc1. The smallest absolute Gasteiger partial charge is 0.225 e. The van der Waals surface area contributed by atoms with Gasteiger partial charge in [0.2, 0.25) is 11.9 Å². The largest absolute Gasteiger partial charge is 0.353 e. The van der Waals surface area contributed by atoms with E-state index in [-0.39, 0.29) is 5.91 Å². The van der Waals surface area contributed by atoms with Crippen LogP contribution in [0, 0.1) is 0 Å². The lowest BCUT2D eigenvalue weighted by Gasteiger charge is -2.35. The zero-order valence-electron chi connectivity index (χ0n) is 14.6. The van der Waals surface area contributed by atoms with Gasteiger partial charge in [-0.3, -0.25) is 4.79 Å². The Balaban J connectivity index is 1.52. The van der Waals surface area contributed by atoms with Crippen LogP contribution in [0.25, 0.3) is 0 Å². The minimum Gasteiger partial charge on any atom is -0.353 e. The fourth-order valence-corrected chi connectivity index (χ4v) is 2.80. The fourth-order valence-electron chi connectivity index (χ4n) is 2.80. The Morgan fingerprint density at radius 2 is 1.80 bits per heavy atom. The van der Waals surface area contributed by atoms with Crippen LogP contribution in [0.15, 0.2) is 36.8 Å². The molecule has 0 atom stereocenters. The van der Waals surface area contributed by atoms with Crippen molar-refractivity contribution in [3.63, 3.8) is 0 Å². The van der Waals surface area contributed by atoms with Crippen LogP contribution in [-0.4, -0.2) is 47.0 Å². The molecule has 0 unspecified atom stereocenters. The van der Waals surface area contributed by atoms with E-state index in [4.69, 9.17) is 0 Å². The second kappa shape index (κ2) is 8.41. The molecule has 2 aromatic heterocycles. The number of rotatable bonds is 6. The maximum atomic E-state index is 11.8. The van der Waals surface area contributed by atoms with Crippen molar-refractivity contribution in [2.75, 3.05) is 41.3 Å². The van der Waals surface area contributed by atoms with E-state index in [9.17, 15) is 4.79 Å². The van der Waals surface area contributed by atoms with Crippen LogP contribution in [0.5, 0.6) is 0 Å². The summed E-state index contributed by atoms with van der Waals surface area (Å²) in [6.45, 7) is 5.54. The second-order valence-electron chi connectivity index (χ2n) is 6.08. The lowest BCUT2D eigenvalue weighted by Crippen LogP contribution is -2.47. The summed E-state index contributed by atoms with van der Waals surface area (Å²) in [5.41, 5.74) is 0.751. The minimum atomic E-state index is 0.0490. The van der Waals surface area contributed by atoms with Gasteiger partial charge in [0.05, 0.1) is 11.9 Å². The molecule has 25 heavy (non-hydrogen) atoms. The second-order valence-corrected chi connectivity index (χ2v) is 6.08. The Morgan fingerprint density at radius 1 is 1.08 bits per heavy atom. The van der Waals surface area contributed by atoms with E-state index in [1.54, 1.807) is 18.6 Å². The standard InChI is InChI=1S/C18H24N6O/c1-2-3-5-17(25)22-15-6-7-16(21-14-15)23-10-12-24(13-11-23)18-19-8-4-9-20-18/h4,6-9,14H,2-3,5,10-13H2,1H3,(H,22,25). The number of unbranched alkanes of at least 4 members (excludes halogenated alkanes) is 1. The summed E-state index contributed by atoms with van der Waals surface area (Å²) in [6, 6.07) is 5.70. The highest BCUT2D eigenvalue weighted by atomic mass is 16.1. The number of carbonyl (C=O) groups is 1. The van der Waals surface area contributed by atoms with E-state index in [1.165, 1.54) is 0 Å². The van der Waals surface area contributed by atoms with Crippen molar-refractivity contribution in [3.05, 3.63) is 36.8 Å². The van der Waals surface area contributed by atoms with Crippen molar-refractivity contribution in [1.82, 2.24) is 15.0 Å². The molecule has 7 heteroatoms. The Bertz CT molecular complexity index is 668. The molecule has 1 aliphatic heterocycles. The molecule has 0 radical (unpaired) electrons. The summed E-state index contributed by atoms with van der Waals surface area (Å²) >= 11 is 0. The van der Waals surface area contributed by atoms with Crippen LogP contribution in [0.1, 0.15) is 26.2 Å². The van der Waals surface area contributed by atoms with Gasteiger partial charge in [-0.05, 0) is 24.6 Å². The van der Waals surface area contributed by atoms with Crippen LogP contribution < -0.4 is 15.1 Å². The van der Waals surface area contributed by atoms with E-state index in [2.05, 4.69) is 37.0 Å². The van der Waals surface area contributed by atoms with Gasteiger partial charge in [0.1, 0.15) is 5.82 Å². The predicted octanol–water partition coefficient (Wildman–Crippen LogP) is 2.33. The maximum absolute atomic E-state index is 11.8. The number of hydrogen-bond acceptors (Lipinski definition) is 6. The van der Waals surface area contributed by atoms with Gasteiger partial charge in [0.15, 0.2) is 0 Å².